The number of hydrogen-bond donors (Lipinski definition) is 0. The van der Waals surface area contributed by atoms with Gasteiger partial charge in [-0.3, -0.25) is 4.79 Å². The average Bonchev–Trinajstić information content (AvgIpc) is 2.78. The fourth-order valence-corrected chi connectivity index (χ4v) is 7.36. The van der Waals surface area contributed by atoms with Gasteiger partial charge < -0.3 is 4.43 Å². The third kappa shape index (κ3) is 3.21. The number of fused-ring (bicyclic) bond motifs is 1. The van der Waals surface area contributed by atoms with Crippen LogP contribution in [0.4, 0.5) is 0 Å². The summed E-state index contributed by atoms with van der Waals surface area (Å²) >= 11 is 2.53. The molecule has 0 heterocycles. The number of hydrogen-bond acceptors (Lipinski definition) is 2. The molecule has 4 atom stereocenters. The van der Waals surface area contributed by atoms with Gasteiger partial charge in [-0.05, 0) is 62.1 Å². The smallest absolute Gasteiger partial charge is 0.192 e. The van der Waals surface area contributed by atoms with E-state index in [-0.39, 0.29) is 16.4 Å². The summed E-state index contributed by atoms with van der Waals surface area (Å²) in [4.78, 5) is 12.2. The van der Waals surface area contributed by atoms with Crippen LogP contribution < -0.4 is 0 Å². The van der Waals surface area contributed by atoms with Crippen LogP contribution in [-0.2, 0) is 9.22 Å². The Kier molecular flexibility index (Phi) is 5.56. The van der Waals surface area contributed by atoms with Crippen molar-refractivity contribution >= 4 is 36.7 Å². The Hall–Kier alpha value is 0.577. The summed E-state index contributed by atoms with van der Waals surface area (Å²) in [5.41, 5.74) is 0.220. The van der Waals surface area contributed by atoms with Gasteiger partial charge >= 0.3 is 0 Å². The van der Waals surface area contributed by atoms with Crippen molar-refractivity contribution in [3.05, 3.63) is 0 Å². The number of carbonyl (C=O) groups is 1. The number of carbonyl (C=O) groups excluding carboxylic acids is 1. The molecule has 0 radical (unpaired) electrons. The Morgan fingerprint density at radius 2 is 1.91 bits per heavy atom. The van der Waals surface area contributed by atoms with E-state index in [2.05, 4.69) is 56.5 Å². The van der Waals surface area contributed by atoms with Crippen LogP contribution in [0.3, 0.4) is 0 Å². The maximum absolute atomic E-state index is 12.2. The topological polar surface area (TPSA) is 26.3 Å². The zero-order valence-electron chi connectivity index (χ0n) is 15.2. The molecule has 0 aliphatic heterocycles. The van der Waals surface area contributed by atoms with E-state index in [0.717, 1.165) is 10.8 Å². The highest BCUT2D eigenvalue weighted by molar-refractivity contribution is 14.1. The monoisotopic (exact) mass is 436 g/mol. The summed E-state index contributed by atoms with van der Waals surface area (Å²) in [6, 6.07) is 0. The highest BCUT2D eigenvalue weighted by Crippen LogP contribution is 2.58. The third-order valence-corrected chi connectivity index (χ3v) is 12.7. The van der Waals surface area contributed by atoms with Gasteiger partial charge in [0.1, 0.15) is 5.78 Å². The summed E-state index contributed by atoms with van der Waals surface area (Å²) in [7, 11) is -1.73. The summed E-state index contributed by atoms with van der Waals surface area (Å²) in [5.74, 6) is 1.29. The lowest BCUT2D eigenvalue weighted by Crippen LogP contribution is -2.51. The predicted molar refractivity (Wildman–Crippen MR) is 104 cm³/mol. The molecular weight excluding hydrogens is 403 g/mol. The minimum atomic E-state index is -1.73. The van der Waals surface area contributed by atoms with E-state index in [1.807, 2.05) is 0 Å². The van der Waals surface area contributed by atoms with Gasteiger partial charge in [-0.2, -0.15) is 0 Å². The van der Waals surface area contributed by atoms with Crippen LogP contribution in [0, 0.1) is 17.3 Å². The summed E-state index contributed by atoms with van der Waals surface area (Å²) in [6.07, 6.45) is 6.30. The summed E-state index contributed by atoms with van der Waals surface area (Å²) in [5, 5.41) is 0.260. The molecule has 2 fully saturated rings. The molecule has 0 aromatic carbocycles. The van der Waals surface area contributed by atoms with Gasteiger partial charge in [0, 0.05) is 16.4 Å². The first-order valence-electron chi connectivity index (χ1n) is 8.79. The Balaban J connectivity index is 2.24. The summed E-state index contributed by atoms with van der Waals surface area (Å²) < 4.78 is 7.94. The first-order valence-corrected chi connectivity index (χ1v) is 13.2. The molecule has 2 aliphatic rings. The van der Waals surface area contributed by atoms with Crippen molar-refractivity contribution in [1.29, 1.82) is 0 Å². The lowest BCUT2D eigenvalue weighted by atomic mass is 9.63. The van der Waals surface area contributed by atoms with E-state index >= 15 is 0 Å². The largest absolute Gasteiger partial charge is 0.414 e. The fourth-order valence-electron chi connectivity index (χ4n) is 4.49. The predicted octanol–water partition coefficient (Wildman–Crippen LogP) is 5.60. The maximum Gasteiger partial charge on any atom is 0.192 e. The minimum Gasteiger partial charge on any atom is -0.414 e. The van der Waals surface area contributed by atoms with E-state index < -0.39 is 8.32 Å². The second kappa shape index (κ2) is 6.47. The van der Waals surface area contributed by atoms with Gasteiger partial charge in [0.15, 0.2) is 8.32 Å². The normalized spacial score (nSPS) is 36.2. The van der Waals surface area contributed by atoms with Crippen molar-refractivity contribution in [2.75, 3.05) is 4.43 Å². The second-order valence-corrected chi connectivity index (χ2v) is 14.5. The minimum absolute atomic E-state index is 0.220. The Morgan fingerprint density at radius 1 is 1.27 bits per heavy atom. The van der Waals surface area contributed by atoms with Crippen LogP contribution in [0.2, 0.25) is 18.1 Å². The molecule has 0 spiro atoms. The van der Waals surface area contributed by atoms with Gasteiger partial charge in [0.25, 0.3) is 0 Å². The standard InChI is InChI=1S/C18H33IO2Si/c1-13(20)14-9-10-15-16(8-7-11-18(14,15)12-19)21-22(5,6)17(2,3)4/h14-16H,7-12H2,1-6H3/t14-,15+,16+,18+/m1/s1. The maximum atomic E-state index is 12.2. The van der Waals surface area contributed by atoms with Crippen molar-refractivity contribution < 1.29 is 9.22 Å². The van der Waals surface area contributed by atoms with Crippen LogP contribution >= 0.6 is 22.6 Å². The molecular formula is C18H33IO2Si. The molecule has 2 saturated carbocycles. The van der Waals surface area contributed by atoms with Crippen LogP contribution in [0.15, 0.2) is 0 Å². The van der Waals surface area contributed by atoms with Gasteiger partial charge in [0.05, 0.1) is 0 Å². The number of ketones is 1. The number of Topliss-reactive ketones (excluding diaryl/α,β-unsaturated/α-hetero) is 1. The molecule has 2 nitrogen and oxygen atoms in total. The van der Waals surface area contributed by atoms with E-state index in [1.54, 1.807) is 6.92 Å². The molecule has 0 aromatic heterocycles. The van der Waals surface area contributed by atoms with Crippen molar-refractivity contribution in [3.63, 3.8) is 0 Å². The highest BCUT2D eigenvalue weighted by Gasteiger charge is 2.56. The van der Waals surface area contributed by atoms with Crippen LogP contribution in [0.1, 0.15) is 59.8 Å². The Morgan fingerprint density at radius 3 is 2.41 bits per heavy atom. The average molecular weight is 436 g/mol. The van der Waals surface area contributed by atoms with Crippen LogP contribution in [-0.4, -0.2) is 24.6 Å². The third-order valence-electron chi connectivity index (χ3n) is 6.77. The van der Waals surface area contributed by atoms with Gasteiger partial charge in [-0.25, -0.2) is 0 Å². The van der Waals surface area contributed by atoms with Crippen molar-refractivity contribution in [1.82, 2.24) is 0 Å². The number of halogens is 1. The fraction of sp³-hybridized carbons (Fsp3) is 0.944. The second-order valence-electron chi connectivity index (χ2n) is 9.02. The quantitative estimate of drug-likeness (QED) is 0.326. The van der Waals surface area contributed by atoms with E-state index in [9.17, 15) is 4.79 Å². The first kappa shape index (κ1) is 18.9. The molecule has 0 bridgehead atoms. The lowest BCUT2D eigenvalue weighted by Gasteiger charge is -2.49. The zero-order chi connectivity index (χ0) is 16.8. The van der Waals surface area contributed by atoms with E-state index in [4.69, 9.17) is 4.43 Å². The molecule has 4 heteroatoms. The summed E-state index contributed by atoms with van der Waals surface area (Å²) in [6.45, 7) is 13.5. The van der Waals surface area contributed by atoms with Gasteiger partial charge in [0.2, 0.25) is 0 Å². The van der Waals surface area contributed by atoms with Crippen molar-refractivity contribution in [2.24, 2.45) is 17.3 Å². The molecule has 0 unspecified atom stereocenters. The Labute approximate surface area is 151 Å². The molecule has 128 valence electrons. The number of rotatable bonds is 4. The molecule has 0 amide bonds. The zero-order valence-corrected chi connectivity index (χ0v) is 18.3. The first-order chi connectivity index (χ1) is 10.0. The van der Waals surface area contributed by atoms with Crippen LogP contribution in [0.5, 0.6) is 0 Å². The number of alkyl halides is 1. The van der Waals surface area contributed by atoms with Gasteiger partial charge in [-0.15, -0.1) is 0 Å². The molecule has 22 heavy (non-hydrogen) atoms. The SMILES string of the molecule is CC(=O)[C@H]1CC[C@H]2[C@@H](O[Si](C)(C)C(C)(C)C)CCC[C@]12CI. The lowest BCUT2D eigenvalue weighted by molar-refractivity contribution is -0.125. The van der Waals surface area contributed by atoms with Crippen molar-refractivity contribution in [3.8, 4) is 0 Å². The molecule has 2 aliphatic carbocycles. The molecule has 0 saturated heterocycles. The Bertz CT molecular complexity index is 429. The van der Waals surface area contributed by atoms with Crippen molar-refractivity contribution in [2.45, 2.75) is 84.0 Å². The molecule has 0 aromatic rings. The van der Waals surface area contributed by atoms with E-state index in [1.165, 1.54) is 25.7 Å². The van der Waals surface area contributed by atoms with Crippen LogP contribution in [0.25, 0.3) is 0 Å². The van der Waals surface area contributed by atoms with E-state index in [0.29, 0.717) is 17.8 Å². The molecule has 0 N–H and O–H groups in total. The molecule has 2 rings (SSSR count). The van der Waals surface area contributed by atoms with Gasteiger partial charge in [-0.1, -0.05) is 49.8 Å². The highest BCUT2D eigenvalue weighted by atomic mass is 127.